The molecule has 1 atom stereocenters. The van der Waals surface area contributed by atoms with Crippen molar-refractivity contribution < 1.29 is 0 Å². The van der Waals surface area contributed by atoms with E-state index in [1.165, 1.54) is 5.01 Å². The minimum Gasteiger partial charge on any atom is -0.304 e. The Hall–Kier alpha value is -0.610. The summed E-state index contributed by atoms with van der Waals surface area (Å²) in [6.45, 7) is 5.01. The lowest BCUT2D eigenvalue weighted by Gasteiger charge is -2.15. The summed E-state index contributed by atoms with van der Waals surface area (Å²) in [5.74, 6) is 0. The van der Waals surface area contributed by atoms with Crippen LogP contribution in [0.15, 0.2) is 23.6 Å². The van der Waals surface area contributed by atoms with Crippen molar-refractivity contribution in [3.8, 4) is 0 Å². The molecule has 0 aliphatic heterocycles. The Bertz CT molecular complexity index is 569. The van der Waals surface area contributed by atoms with Gasteiger partial charge in [-0.25, -0.2) is 4.98 Å². The van der Waals surface area contributed by atoms with Gasteiger partial charge in [-0.1, -0.05) is 36.2 Å². The molecule has 0 saturated carbocycles. The number of nitrogens with one attached hydrogen (secondary N) is 1. The molecular formula is C15H18Cl2N2S. The number of aryl methyl sites for hydroxylation is 1. The predicted octanol–water partition coefficient (Wildman–Crippen LogP) is 5.25. The standard InChI is InChI=1S/C15H18Cl2N2S/c1-3-4-15-19-12(9-20-15)8-18-10(2)13-6-5-11(16)7-14(13)17/h5-7,9-10,18H,3-4,8H2,1-2H3. The van der Waals surface area contributed by atoms with Gasteiger partial charge in [-0.2, -0.15) is 0 Å². The second-order valence-electron chi connectivity index (χ2n) is 4.75. The van der Waals surface area contributed by atoms with Gasteiger partial charge in [0.05, 0.1) is 10.7 Å². The number of hydrogen-bond acceptors (Lipinski definition) is 3. The number of benzene rings is 1. The van der Waals surface area contributed by atoms with Crippen LogP contribution >= 0.6 is 34.5 Å². The van der Waals surface area contributed by atoms with E-state index in [1.54, 1.807) is 17.4 Å². The summed E-state index contributed by atoms with van der Waals surface area (Å²) in [4.78, 5) is 4.60. The molecule has 0 aliphatic rings. The fraction of sp³-hybridized carbons (Fsp3) is 0.400. The van der Waals surface area contributed by atoms with Crippen molar-refractivity contribution in [3.05, 3.63) is 49.9 Å². The highest BCUT2D eigenvalue weighted by atomic mass is 35.5. The van der Waals surface area contributed by atoms with Crippen molar-refractivity contribution >= 4 is 34.5 Å². The highest BCUT2D eigenvalue weighted by Crippen LogP contribution is 2.26. The molecule has 108 valence electrons. The number of aromatic nitrogens is 1. The van der Waals surface area contributed by atoms with E-state index >= 15 is 0 Å². The molecule has 1 aromatic carbocycles. The van der Waals surface area contributed by atoms with Crippen LogP contribution in [0.25, 0.3) is 0 Å². The lowest BCUT2D eigenvalue weighted by atomic mass is 10.1. The van der Waals surface area contributed by atoms with Gasteiger partial charge in [0, 0.05) is 28.0 Å². The Morgan fingerprint density at radius 1 is 1.35 bits per heavy atom. The normalized spacial score (nSPS) is 12.6. The monoisotopic (exact) mass is 328 g/mol. The molecule has 1 heterocycles. The first kappa shape index (κ1) is 15.8. The van der Waals surface area contributed by atoms with Crippen molar-refractivity contribution in [1.29, 1.82) is 0 Å². The van der Waals surface area contributed by atoms with Crippen LogP contribution in [0.1, 0.15) is 42.6 Å². The number of rotatable bonds is 6. The molecule has 2 rings (SSSR count). The maximum atomic E-state index is 6.21. The zero-order chi connectivity index (χ0) is 14.5. The van der Waals surface area contributed by atoms with Crippen LogP contribution < -0.4 is 5.32 Å². The van der Waals surface area contributed by atoms with E-state index in [-0.39, 0.29) is 6.04 Å². The molecule has 20 heavy (non-hydrogen) atoms. The second kappa shape index (κ2) is 7.41. The first-order valence-electron chi connectivity index (χ1n) is 6.71. The first-order chi connectivity index (χ1) is 9.60. The fourth-order valence-corrected chi connectivity index (χ4v) is 3.45. The molecule has 2 aromatic rings. The van der Waals surface area contributed by atoms with Gasteiger partial charge in [0.15, 0.2) is 0 Å². The minimum atomic E-state index is 0.163. The van der Waals surface area contributed by atoms with Gasteiger partial charge in [-0.15, -0.1) is 11.3 Å². The Kier molecular flexibility index (Phi) is 5.85. The minimum absolute atomic E-state index is 0.163. The van der Waals surface area contributed by atoms with E-state index in [4.69, 9.17) is 23.2 Å². The second-order valence-corrected chi connectivity index (χ2v) is 6.54. The van der Waals surface area contributed by atoms with Crippen LogP contribution in [0.5, 0.6) is 0 Å². The van der Waals surface area contributed by atoms with Gasteiger partial charge in [0.2, 0.25) is 0 Å². The quantitative estimate of drug-likeness (QED) is 0.782. The topological polar surface area (TPSA) is 24.9 Å². The molecule has 2 nitrogen and oxygen atoms in total. The number of nitrogens with zero attached hydrogens (tertiary/aromatic N) is 1. The van der Waals surface area contributed by atoms with E-state index in [2.05, 4.69) is 29.5 Å². The number of halogens is 2. The maximum Gasteiger partial charge on any atom is 0.0928 e. The van der Waals surface area contributed by atoms with E-state index in [0.717, 1.165) is 30.6 Å². The van der Waals surface area contributed by atoms with Crippen molar-refractivity contribution in [2.45, 2.75) is 39.3 Å². The molecule has 5 heteroatoms. The molecule has 0 bridgehead atoms. The molecule has 0 amide bonds. The van der Waals surface area contributed by atoms with Gasteiger partial charge < -0.3 is 5.32 Å². The van der Waals surface area contributed by atoms with E-state index in [1.807, 2.05) is 12.1 Å². The summed E-state index contributed by atoms with van der Waals surface area (Å²) in [6, 6.07) is 5.77. The zero-order valence-electron chi connectivity index (χ0n) is 11.6. The molecule has 0 aliphatic carbocycles. The van der Waals surface area contributed by atoms with E-state index in [9.17, 15) is 0 Å². The van der Waals surface area contributed by atoms with Gasteiger partial charge in [-0.3, -0.25) is 0 Å². The first-order valence-corrected chi connectivity index (χ1v) is 8.35. The predicted molar refractivity (Wildman–Crippen MR) is 87.8 cm³/mol. The van der Waals surface area contributed by atoms with Crippen molar-refractivity contribution in [2.24, 2.45) is 0 Å². The molecule has 0 radical (unpaired) electrons. The Morgan fingerprint density at radius 3 is 2.85 bits per heavy atom. The third-order valence-corrected chi connectivity index (χ3v) is 4.60. The van der Waals surface area contributed by atoms with Gasteiger partial charge >= 0.3 is 0 Å². The Labute approximate surface area is 134 Å². The summed E-state index contributed by atoms with van der Waals surface area (Å²) >= 11 is 13.9. The van der Waals surface area contributed by atoms with Gasteiger partial charge in [0.1, 0.15) is 0 Å². The highest BCUT2D eigenvalue weighted by Gasteiger charge is 2.10. The lowest BCUT2D eigenvalue weighted by Crippen LogP contribution is -2.18. The molecule has 1 aromatic heterocycles. The van der Waals surface area contributed by atoms with Gasteiger partial charge in [-0.05, 0) is 37.5 Å². The maximum absolute atomic E-state index is 6.21. The highest BCUT2D eigenvalue weighted by molar-refractivity contribution is 7.09. The average molecular weight is 329 g/mol. The van der Waals surface area contributed by atoms with Crippen LogP contribution in [0, 0.1) is 0 Å². The van der Waals surface area contributed by atoms with Crippen molar-refractivity contribution in [3.63, 3.8) is 0 Å². The average Bonchev–Trinajstić information content (AvgIpc) is 2.84. The molecule has 1 unspecified atom stereocenters. The molecular weight excluding hydrogens is 311 g/mol. The van der Waals surface area contributed by atoms with Crippen molar-refractivity contribution in [2.75, 3.05) is 0 Å². The van der Waals surface area contributed by atoms with Crippen LogP contribution in [-0.2, 0) is 13.0 Å². The molecule has 0 fully saturated rings. The summed E-state index contributed by atoms with van der Waals surface area (Å²) in [5, 5.41) is 8.13. The van der Waals surface area contributed by atoms with Crippen LogP contribution in [0.4, 0.5) is 0 Å². The zero-order valence-corrected chi connectivity index (χ0v) is 13.9. The van der Waals surface area contributed by atoms with E-state index in [0.29, 0.717) is 10.0 Å². The van der Waals surface area contributed by atoms with E-state index < -0.39 is 0 Å². The Morgan fingerprint density at radius 2 is 2.15 bits per heavy atom. The lowest BCUT2D eigenvalue weighted by molar-refractivity contribution is 0.568. The largest absolute Gasteiger partial charge is 0.304 e. The number of hydrogen-bond donors (Lipinski definition) is 1. The fourth-order valence-electron chi connectivity index (χ4n) is 1.98. The SMILES string of the molecule is CCCc1nc(CNC(C)c2ccc(Cl)cc2Cl)cs1. The van der Waals surface area contributed by atoms with Crippen LogP contribution in [0.3, 0.4) is 0 Å². The summed E-state index contributed by atoms with van der Waals surface area (Å²) in [6.07, 6.45) is 2.19. The molecule has 0 saturated heterocycles. The third-order valence-electron chi connectivity index (χ3n) is 3.08. The molecule has 0 spiro atoms. The molecule has 1 N–H and O–H groups in total. The summed E-state index contributed by atoms with van der Waals surface area (Å²) < 4.78 is 0. The van der Waals surface area contributed by atoms with Crippen LogP contribution in [-0.4, -0.2) is 4.98 Å². The van der Waals surface area contributed by atoms with Crippen LogP contribution in [0.2, 0.25) is 10.0 Å². The summed E-state index contributed by atoms with van der Waals surface area (Å²) in [7, 11) is 0. The Balaban J connectivity index is 1.95. The summed E-state index contributed by atoms with van der Waals surface area (Å²) in [5.41, 5.74) is 2.15. The van der Waals surface area contributed by atoms with Crippen molar-refractivity contribution in [1.82, 2.24) is 10.3 Å². The smallest absolute Gasteiger partial charge is 0.0928 e. The third kappa shape index (κ3) is 4.19. The van der Waals surface area contributed by atoms with Gasteiger partial charge in [0.25, 0.3) is 0 Å². The number of thiazole rings is 1.